The van der Waals surface area contributed by atoms with Gasteiger partial charge in [-0.05, 0) is 44.7 Å². The van der Waals surface area contributed by atoms with Crippen molar-refractivity contribution in [1.82, 2.24) is 10.6 Å². The second-order valence-electron chi connectivity index (χ2n) is 5.21. The first kappa shape index (κ1) is 13.0. The van der Waals surface area contributed by atoms with Crippen molar-refractivity contribution in [3.63, 3.8) is 0 Å². The number of hydrogen-bond acceptors (Lipinski definition) is 2. The molecule has 0 aromatic carbocycles. The molecule has 0 heterocycles. The normalized spacial score (nSPS) is 18.4. The van der Waals surface area contributed by atoms with E-state index in [0.717, 1.165) is 12.0 Å². The van der Waals surface area contributed by atoms with Crippen molar-refractivity contribution in [1.29, 1.82) is 0 Å². The zero-order valence-electron chi connectivity index (χ0n) is 10.7. The average Bonchev–Trinajstić information content (AvgIpc) is 3.00. The van der Waals surface area contributed by atoms with Gasteiger partial charge >= 0.3 is 0 Å². The fraction of sp³-hybridized carbons (Fsp3) is 1.00. The molecule has 2 heteroatoms. The van der Waals surface area contributed by atoms with Gasteiger partial charge in [-0.15, -0.1) is 0 Å². The van der Waals surface area contributed by atoms with E-state index < -0.39 is 0 Å². The minimum absolute atomic E-state index is 0.628. The van der Waals surface area contributed by atoms with Gasteiger partial charge in [0.25, 0.3) is 0 Å². The Hall–Kier alpha value is -0.0800. The number of rotatable bonds is 9. The molecule has 0 radical (unpaired) electrons. The van der Waals surface area contributed by atoms with Crippen molar-refractivity contribution in [2.24, 2.45) is 5.92 Å². The highest BCUT2D eigenvalue weighted by Gasteiger charge is 2.19. The summed E-state index contributed by atoms with van der Waals surface area (Å²) in [6, 6.07) is 1.50. The van der Waals surface area contributed by atoms with E-state index in [1.807, 2.05) is 0 Å². The molecule has 1 aliphatic rings. The lowest BCUT2D eigenvalue weighted by atomic mass is 10.00. The van der Waals surface area contributed by atoms with E-state index in [4.69, 9.17) is 0 Å². The largest absolute Gasteiger partial charge is 0.314 e. The van der Waals surface area contributed by atoms with E-state index in [-0.39, 0.29) is 0 Å². The molecule has 1 fully saturated rings. The van der Waals surface area contributed by atoms with Crippen molar-refractivity contribution < 1.29 is 0 Å². The third-order valence-corrected chi connectivity index (χ3v) is 3.19. The average molecular weight is 212 g/mol. The molecule has 0 aromatic heterocycles. The van der Waals surface area contributed by atoms with Gasteiger partial charge in [0, 0.05) is 12.1 Å². The third kappa shape index (κ3) is 6.91. The minimum atomic E-state index is 0.628. The Bertz CT molecular complexity index is 153. The van der Waals surface area contributed by atoms with Gasteiger partial charge in [-0.25, -0.2) is 0 Å². The molecular formula is C13H28N2. The van der Waals surface area contributed by atoms with E-state index in [2.05, 4.69) is 31.4 Å². The molecular weight excluding hydrogens is 184 g/mol. The van der Waals surface area contributed by atoms with E-state index in [0.29, 0.717) is 6.04 Å². The fourth-order valence-electron chi connectivity index (χ4n) is 1.84. The van der Waals surface area contributed by atoms with Crippen LogP contribution in [0.2, 0.25) is 0 Å². The zero-order valence-corrected chi connectivity index (χ0v) is 10.7. The maximum atomic E-state index is 3.58. The van der Waals surface area contributed by atoms with Crippen molar-refractivity contribution in [2.45, 2.75) is 65.0 Å². The van der Waals surface area contributed by atoms with Crippen LogP contribution in [0.25, 0.3) is 0 Å². The summed E-state index contributed by atoms with van der Waals surface area (Å²) >= 11 is 0. The van der Waals surface area contributed by atoms with Gasteiger partial charge in [0.2, 0.25) is 0 Å². The number of nitrogens with one attached hydrogen (secondary N) is 2. The molecule has 1 unspecified atom stereocenters. The standard InChI is InChI=1S/C13H28N2/c1-4-12(10-15-11(2)3)6-5-9-14-13-7-8-13/h11-15H,4-10H2,1-3H3. The van der Waals surface area contributed by atoms with Crippen LogP contribution in [0, 0.1) is 5.92 Å². The van der Waals surface area contributed by atoms with Gasteiger partial charge < -0.3 is 10.6 Å². The Morgan fingerprint density at radius 2 is 2.00 bits per heavy atom. The summed E-state index contributed by atoms with van der Waals surface area (Å²) in [7, 11) is 0. The second kappa shape index (κ2) is 7.24. The zero-order chi connectivity index (χ0) is 11.1. The van der Waals surface area contributed by atoms with E-state index >= 15 is 0 Å². The number of hydrogen-bond donors (Lipinski definition) is 2. The summed E-state index contributed by atoms with van der Waals surface area (Å²) in [5, 5.41) is 7.12. The second-order valence-corrected chi connectivity index (χ2v) is 5.21. The Morgan fingerprint density at radius 1 is 1.27 bits per heavy atom. The first-order valence-electron chi connectivity index (χ1n) is 6.69. The van der Waals surface area contributed by atoms with Gasteiger partial charge in [-0.1, -0.05) is 27.2 Å². The lowest BCUT2D eigenvalue weighted by molar-refractivity contribution is 0.399. The summed E-state index contributed by atoms with van der Waals surface area (Å²) in [6.45, 7) is 9.17. The molecule has 0 aromatic rings. The minimum Gasteiger partial charge on any atom is -0.314 e. The van der Waals surface area contributed by atoms with Crippen LogP contribution in [0.15, 0.2) is 0 Å². The highest BCUT2D eigenvalue weighted by Crippen LogP contribution is 2.18. The summed E-state index contributed by atoms with van der Waals surface area (Å²) in [4.78, 5) is 0. The maximum absolute atomic E-state index is 3.58. The van der Waals surface area contributed by atoms with Gasteiger partial charge in [0.05, 0.1) is 0 Å². The molecule has 0 amide bonds. The Morgan fingerprint density at radius 3 is 2.53 bits per heavy atom. The summed E-state index contributed by atoms with van der Waals surface area (Å²) in [5.74, 6) is 0.869. The molecule has 1 aliphatic carbocycles. The van der Waals surface area contributed by atoms with Gasteiger partial charge in [0.1, 0.15) is 0 Å². The molecule has 15 heavy (non-hydrogen) atoms. The van der Waals surface area contributed by atoms with E-state index in [1.54, 1.807) is 0 Å². The van der Waals surface area contributed by atoms with Gasteiger partial charge in [0.15, 0.2) is 0 Å². The topological polar surface area (TPSA) is 24.1 Å². The van der Waals surface area contributed by atoms with Crippen LogP contribution in [-0.2, 0) is 0 Å². The first-order chi connectivity index (χ1) is 7.22. The van der Waals surface area contributed by atoms with Crippen LogP contribution in [0.1, 0.15) is 52.9 Å². The monoisotopic (exact) mass is 212 g/mol. The van der Waals surface area contributed by atoms with Crippen molar-refractivity contribution in [2.75, 3.05) is 13.1 Å². The molecule has 2 nitrogen and oxygen atoms in total. The van der Waals surface area contributed by atoms with Crippen LogP contribution in [0.3, 0.4) is 0 Å². The lowest BCUT2D eigenvalue weighted by Crippen LogP contribution is -2.29. The quantitative estimate of drug-likeness (QED) is 0.574. The molecule has 1 rings (SSSR count). The predicted molar refractivity (Wildman–Crippen MR) is 67.2 cm³/mol. The first-order valence-corrected chi connectivity index (χ1v) is 6.69. The SMILES string of the molecule is CCC(CCCNC1CC1)CNC(C)C. The van der Waals surface area contributed by atoms with Crippen molar-refractivity contribution in [3.05, 3.63) is 0 Å². The summed E-state index contributed by atoms with van der Waals surface area (Å²) < 4.78 is 0. The molecule has 0 aliphatic heterocycles. The smallest absolute Gasteiger partial charge is 0.00682 e. The van der Waals surface area contributed by atoms with Crippen LogP contribution in [0.5, 0.6) is 0 Å². The summed E-state index contributed by atoms with van der Waals surface area (Å²) in [5.41, 5.74) is 0. The molecule has 90 valence electrons. The van der Waals surface area contributed by atoms with Crippen LogP contribution in [0.4, 0.5) is 0 Å². The highest BCUT2D eigenvalue weighted by atomic mass is 14.9. The van der Waals surface area contributed by atoms with Crippen molar-refractivity contribution >= 4 is 0 Å². The predicted octanol–water partition coefficient (Wildman–Crippen LogP) is 2.54. The van der Waals surface area contributed by atoms with E-state index in [9.17, 15) is 0 Å². The Labute approximate surface area is 95.2 Å². The highest BCUT2D eigenvalue weighted by molar-refractivity contribution is 4.80. The summed E-state index contributed by atoms with van der Waals surface area (Å²) in [6.07, 6.45) is 6.84. The van der Waals surface area contributed by atoms with Crippen LogP contribution < -0.4 is 10.6 Å². The van der Waals surface area contributed by atoms with Crippen molar-refractivity contribution in [3.8, 4) is 0 Å². The molecule has 1 saturated carbocycles. The molecule has 0 saturated heterocycles. The molecule has 2 N–H and O–H groups in total. The van der Waals surface area contributed by atoms with E-state index in [1.165, 1.54) is 45.2 Å². The Balaban J connectivity index is 1.94. The lowest BCUT2D eigenvalue weighted by Gasteiger charge is -2.17. The van der Waals surface area contributed by atoms with Gasteiger partial charge in [-0.3, -0.25) is 0 Å². The Kier molecular flexibility index (Phi) is 6.26. The maximum Gasteiger partial charge on any atom is 0.00682 e. The third-order valence-electron chi connectivity index (χ3n) is 3.19. The fourth-order valence-corrected chi connectivity index (χ4v) is 1.84. The van der Waals surface area contributed by atoms with Gasteiger partial charge in [-0.2, -0.15) is 0 Å². The van der Waals surface area contributed by atoms with Crippen LogP contribution >= 0.6 is 0 Å². The molecule has 0 spiro atoms. The van der Waals surface area contributed by atoms with Crippen LogP contribution in [-0.4, -0.2) is 25.2 Å². The molecule has 1 atom stereocenters. The molecule has 0 bridgehead atoms.